The van der Waals surface area contributed by atoms with Gasteiger partial charge in [-0.05, 0) is 41.3 Å². The molecular formula is C25H23Cl2N5O6S2. The topological polar surface area (TPSA) is 154 Å². The maximum atomic E-state index is 13.3. The maximum Gasteiger partial charge on any atom is 0.318 e. The van der Waals surface area contributed by atoms with E-state index in [1.807, 2.05) is 12.1 Å². The zero-order valence-corrected chi connectivity index (χ0v) is 23.9. The largest absolute Gasteiger partial charge is 0.480 e. The average molecular weight is 625 g/mol. The molecule has 40 heavy (non-hydrogen) atoms. The van der Waals surface area contributed by atoms with Gasteiger partial charge in [0, 0.05) is 59.7 Å². The first-order chi connectivity index (χ1) is 19.1. The number of aliphatic carboxylic acids is 1. The molecule has 1 unspecified atom stereocenters. The molecule has 1 amide bonds. The summed E-state index contributed by atoms with van der Waals surface area (Å²) in [6.07, 6.45) is 6.42. The predicted octanol–water partition coefficient (Wildman–Crippen LogP) is 3.22. The van der Waals surface area contributed by atoms with Crippen molar-refractivity contribution in [2.45, 2.75) is 10.3 Å². The number of halogens is 2. The summed E-state index contributed by atoms with van der Waals surface area (Å²) in [7, 11) is -3.81. The number of alkyl halides is 1. The number of nitrogens with zero attached hydrogens (tertiary/aromatic N) is 5. The number of carboxylic acid groups (broad SMARTS) is 1. The van der Waals surface area contributed by atoms with Crippen molar-refractivity contribution in [3.8, 4) is 11.1 Å². The van der Waals surface area contributed by atoms with E-state index in [4.69, 9.17) is 28.3 Å². The van der Waals surface area contributed by atoms with Gasteiger partial charge in [-0.3, -0.25) is 14.6 Å². The van der Waals surface area contributed by atoms with Gasteiger partial charge >= 0.3 is 5.97 Å². The Morgan fingerprint density at radius 2 is 1.73 bits per heavy atom. The van der Waals surface area contributed by atoms with E-state index in [0.29, 0.717) is 5.02 Å². The Morgan fingerprint density at radius 3 is 2.35 bits per heavy atom. The zero-order chi connectivity index (χ0) is 28.9. The number of fused-ring (bicyclic) bond motifs is 1. The molecule has 1 fully saturated rings. The maximum absolute atomic E-state index is 13.3. The van der Waals surface area contributed by atoms with Crippen molar-refractivity contribution < 1.29 is 28.2 Å². The van der Waals surface area contributed by atoms with Crippen LogP contribution in [0.1, 0.15) is 10.6 Å². The number of carboxylic acids is 1. The Labute approximate surface area is 243 Å². The van der Waals surface area contributed by atoms with Crippen LogP contribution in [0.25, 0.3) is 21.2 Å². The minimum Gasteiger partial charge on any atom is -0.480 e. The lowest BCUT2D eigenvalue weighted by molar-refractivity contribution is -0.134. The SMILES string of the molecule is O=C(O)CCl.O=C(c1ncc(-c2ccncc2)cn1)N1CCN(S(=O)(=O)c2cc3ccc(Cl)cc3s2)CC1CO. The van der Waals surface area contributed by atoms with Crippen LogP contribution in [0.15, 0.2) is 65.4 Å². The van der Waals surface area contributed by atoms with Crippen molar-refractivity contribution in [1.82, 2.24) is 24.2 Å². The molecule has 0 spiro atoms. The van der Waals surface area contributed by atoms with E-state index in [9.17, 15) is 23.1 Å². The summed E-state index contributed by atoms with van der Waals surface area (Å²) >= 11 is 11.9. The molecule has 1 aromatic carbocycles. The van der Waals surface area contributed by atoms with Gasteiger partial charge < -0.3 is 15.1 Å². The molecule has 0 saturated carbocycles. The molecule has 11 nitrogen and oxygen atoms in total. The number of pyridine rings is 1. The van der Waals surface area contributed by atoms with Crippen molar-refractivity contribution in [2.24, 2.45) is 0 Å². The van der Waals surface area contributed by atoms with E-state index in [2.05, 4.69) is 15.0 Å². The third-order valence-electron chi connectivity index (χ3n) is 5.94. The first kappa shape index (κ1) is 29.8. The van der Waals surface area contributed by atoms with E-state index in [-0.39, 0.29) is 35.5 Å². The number of aliphatic hydroxyl groups excluding tert-OH is 1. The monoisotopic (exact) mass is 623 g/mol. The third kappa shape index (κ3) is 6.74. The van der Waals surface area contributed by atoms with Gasteiger partial charge in [0.2, 0.25) is 5.82 Å². The molecule has 2 N–H and O–H groups in total. The van der Waals surface area contributed by atoms with E-state index in [1.54, 1.807) is 49.1 Å². The van der Waals surface area contributed by atoms with E-state index in [0.717, 1.165) is 32.5 Å². The first-order valence-corrected chi connectivity index (χ1v) is 14.9. The Bertz CT molecular complexity index is 1600. The van der Waals surface area contributed by atoms with Gasteiger partial charge in [-0.15, -0.1) is 22.9 Å². The van der Waals surface area contributed by atoms with Crippen LogP contribution in [0, 0.1) is 0 Å². The summed E-state index contributed by atoms with van der Waals surface area (Å²) < 4.78 is 28.9. The van der Waals surface area contributed by atoms with Crippen molar-refractivity contribution in [2.75, 3.05) is 32.1 Å². The highest BCUT2D eigenvalue weighted by Gasteiger charge is 2.37. The molecule has 1 aliphatic heterocycles. The minimum absolute atomic E-state index is 0.0149. The van der Waals surface area contributed by atoms with Gasteiger partial charge in [0.15, 0.2) is 0 Å². The van der Waals surface area contributed by atoms with Crippen molar-refractivity contribution >= 4 is 66.5 Å². The number of aliphatic hydroxyl groups is 1. The lowest BCUT2D eigenvalue weighted by Gasteiger charge is -2.39. The second kappa shape index (κ2) is 13.0. The number of aromatic nitrogens is 3. The van der Waals surface area contributed by atoms with Crippen LogP contribution in [-0.2, 0) is 14.8 Å². The summed E-state index contributed by atoms with van der Waals surface area (Å²) in [5, 5.41) is 18.9. The van der Waals surface area contributed by atoms with Crippen LogP contribution < -0.4 is 0 Å². The molecule has 1 aliphatic rings. The molecule has 4 aromatic rings. The Balaban J connectivity index is 0.000000681. The molecule has 3 aromatic heterocycles. The summed E-state index contributed by atoms with van der Waals surface area (Å²) in [4.78, 5) is 36.1. The van der Waals surface area contributed by atoms with E-state index in [1.165, 1.54) is 9.21 Å². The number of benzene rings is 1. The predicted molar refractivity (Wildman–Crippen MR) is 151 cm³/mol. The number of hydrogen-bond acceptors (Lipinski definition) is 9. The Hall–Kier alpha value is -3.20. The number of hydrogen-bond donors (Lipinski definition) is 2. The number of sulfonamides is 1. The van der Waals surface area contributed by atoms with Gasteiger partial charge in [0.25, 0.3) is 15.9 Å². The molecule has 5 rings (SSSR count). The van der Waals surface area contributed by atoms with Crippen LogP contribution in [0.5, 0.6) is 0 Å². The fraction of sp³-hybridized carbons (Fsp3) is 0.240. The molecule has 0 bridgehead atoms. The highest BCUT2D eigenvalue weighted by molar-refractivity contribution is 7.91. The summed E-state index contributed by atoms with van der Waals surface area (Å²) in [5.74, 6) is -1.76. The molecular weight excluding hydrogens is 601 g/mol. The second-order valence-corrected chi connectivity index (χ2v) is 12.5. The van der Waals surface area contributed by atoms with Crippen molar-refractivity contribution in [1.29, 1.82) is 0 Å². The molecule has 0 radical (unpaired) electrons. The molecule has 210 valence electrons. The van der Waals surface area contributed by atoms with Crippen molar-refractivity contribution in [3.05, 3.63) is 72.0 Å². The fourth-order valence-electron chi connectivity index (χ4n) is 3.96. The molecule has 4 heterocycles. The second-order valence-electron chi connectivity index (χ2n) is 8.50. The van der Waals surface area contributed by atoms with Gasteiger partial charge in [0.05, 0.1) is 12.6 Å². The number of carbonyl (C=O) groups is 2. The van der Waals surface area contributed by atoms with Crippen LogP contribution in [0.4, 0.5) is 0 Å². The van der Waals surface area contributed by atoms with Crippen LogP contribution >= 0.6 is 34.5 Å². The van der Waals surface area contributed by atoms with Gasteiger partial charge in [-0.1, -0.05) is 17.7 Å². The number of carbonyl (C=O) groups excluding carboxylic acids is 1. The lowest BCUT2D eigenvalue weighted by Crippen LogP contribution is -2.57. The Kier molecular flexibility index (Phi) is 9.66. The molecule has 1 atom stereocenters. The summed E-state index contributed by atoms with van der Waals surface area (Å²) in [6, 6.07) is 9.74. The smallest absolute Gasteiger partial charge is 0.318 e. The Morgan fingerprint density at radius 1 is 1.05 bits per heavy atom. The van der Waals surface area contributed by atoms with Gasteiger partial charge in [-0.2, -0.15) is 4.31 Å². The van der Waals surface area contributed by atoms with Crippen LogP contribution in [0.3, 0.4) is 0 Å². The highest BCUT2D eigenvalue weighted by Crippen LogP contribution is 2.33. The molecule has 15 heteroatoms. The van der Waals surface area contributed by atoms with Crippen molar-refractivity contribution in [3.63, 3.8) is 0 Å². The fourth-order valence-corrected chi connectivity index (χ4v) is 7.26. The van der Waals surface area contributed by atoms with Gasteiger partial charge in [0.1, 0.15) is 10.1 Å². The number of piperazine rings is 1. The average Bonchev–Trinajstić information content (AvgIpc) is 3.41. The quantitative estimate of drug-likeness (QED) is 0.308. The lowest BCUT2D eigenvalue weighted by atomic mass is 10.1. The highest BCUT2D eigenvalue weighted by atomic mass is 35.5. The third-order valence-corrected chi connectivity index (χ3v) is 9.82. The van der Waals surface area contributed by atoms with E-state index >= 15 is 0 Å². The van der Waals surface area contributed by atoms with E-state index < -0.39 is 34.5 Å². The van der Waals surface area contributed by atoms with Crippen LogP contribution in [0.2, 0.25) is 5.02 Å². The number of rotatable bonds is 6. The summed E-state index contributed by atoms with van der Waals surface area (Å²) in [5.41, 5.74) is 1.61. The van der Waals surface area contributed by atoms with Gasteiger partial charge in [-0.25, -0.2) is 18.4 Å². The molecule has 0 aliphatic carbocycles. The minimum atomic E-state index is -3.81. The summed E-state index contributed by atoms with van der Waals surface area (Å²) in [6.45, 7) is -0.228. The first-order valence-electron chi connectivity index (χ1n) is 11.7. The molecule has 1 saturated heterocycles. The number of amides is 1. The van der Waals surface area contributed by atoms with Crippen LogP contribution in [-0.4, -0.2) is 92.8 Å². The zero-order valence-electron chi connectivity index (χ0n) is 20.7. The standard InChI is InChI=1S/C23H20ClN5O4S2.C2H3ClO2/c24-18-2-1-16-9-21(34-20(16)10-18)35(32,33)28-7-8-29(19(13-28)14-30)23(31)22-26-11-17(12-27-22)15-3-5-25-6-4-15;3-1-2(4)5/h1-6,9-12,19,30H,7-8,13-14H2;1H2,(H,4,5). The number of thiophene rings is 1. The normalized spacial score (nSPS) is 15.9.